The van der Waals surface area contributed by atoms with E-state index in [0.717, 1.165) is 12.8 Å². The van der Waals surface area contributed by atoms with E-state index in [4.69, 9.17) is 4.74 Å². The first kappa shape index (κ1) is 24.9. The van der Waals surface area contributed by atoms with Crippen molar-refractivity contribution in [1.82, 2.24) is 4.31 Å². The van der Waals surface area contributed by atoms with Crippen molar-refractivity contribution in [3.8, 4) is 0 Å². The molecule has 1 aliphatic rings. The molecule has 0 saturated carbocycles. The number of unbranched alkanes of at least 4 members (excludes halogenated alkanes) is 1. The first-order valence-electron chi connectivity index (χ1n) is 11.1. The summed E-state index contributed by atoms with van der Waals surface area (Å²) >= 11 is 0. The highest BCUT2D eigenvalue weighted by molar-refractivity contribution is 7.88. The summed E-state index contributed by atoms with van der Waals surface area (Å²) in [5.41, 5.74) is 1.51. The van der Waals surface area contributed by atoms with E-state index >= 15 is 0 Å². The fraction of sp³-hybridized carbons (Fsp3) is 0.417. The second kappa shape index (κ2) is 11.4. The van der Waals surface area contributed by atoms with Crippen LogP contribution < -0.4 is 5.32 Å². The summed E-state index contributed by atoms with van der Waals surface area (Å²) in [5.74, 6) is -1.48. The van der Waals surface area contributed by atoms with Crippen LogP contribution in [0, 0.1) is 11.7 Å². The van der Waals surface area contributed by atoms with Gasteiger partial charge in [-0.1, -0.05) is 25.5 Å². The highest BCUT2D eigenvalue weighted by Crippen LogP contribution is 2.23. The van der Waals surface area contributed by atoms with E-state index in [2.05, 4.69) is 5.32 Å². The molecular weight excluding hydrogens is 447 g/mol. The van der Waals surface area contributed by atoms with Gasteiger partial charge in [0.15, 0.2) is 0 Å². The molecule has 0 spiro atoms. The van der Waals surface area contributed by atoms with E-state index in [-0.39, 0.29) is 30.7 Å². The van der Waals surface area contributed by atoms with Gasteiger partial charge in [-0.2, -0.15) is 0 Å². The number of nitrogens with one attached hydrogen (secondary N) is 1. The number of rotatable bonds is 9. The molecule has 1 N–H and O–H groups in total. The lowest BCUT2D eigenvalue weighted by atomic mass is 9.97. The Morgan fingerprint density at radius 3 is 2.30 bits per heavy atom. The van der Waals surface area contributed by atoms with E-state index in [0.29, 0.717) is 36.3 Å². The first-order valence-corrected chi connectivity index (χ1v) is 12.7. The zero-order valence-corrected chi connectivity index (χ0v) is 19.4. The molecule has 0 radical (unpaired) electrons. The third kappa shape index (κ3) is 7.10. The summed E-state index contributed by atoms with van der Waals surface area (Å²) in [5, 5.41) is 2.83. The van der Waals surface area contributed by atoms with E-state index in [1.807, 2.05) is 6.92 Å². The van der Waals surface area contributed by atoms with Crippen LogP contribution in [-0.4, -0.2) is 44.3 Å². The largest absolute Gasteiger partial charge is 0.462 e. The van der Waals surface area contributed by atoms with Gasteiger partial charge < -0.3 is 10.1 Å². The lowest BCUT2D eigenvalue weighted by Crippen LogP contribution is -2.41. The summed E-state index contributed by atoms with van der Waals surface area (Å²) in [4.78, 5) is 24.6. The van der Waals surface area contributed by atoms with Gasteiger partial charge in [-0.25, -0.2) is 21.9 Å². The predicted molar refractivity (Wildman–Crippen MR) is 124 cm³/mol. The van der Waals surface area contributed by atoms with Crippen molar-refractivity contribution in [2.75, 3.05) is 25.0 Å². The Labute approximate surface area is 194 Å². The minimum absolute atomic E-state index is 0.177. The van der Waals surface area contributed by atoms with Crippen molar-refractivity contribution < 1.29 is 27.1 Å². The number of halogens is 1. The molecule has 0 unspecified atom stereocenters. The number of sulfonamides is 1. The molecule has 7 nitrogen and oxygen atoms in total. The fourth-order valence-corrected chi connectivity index (χ4v) is 5.17. The van der Waals surface area contributed by atoms with Crippen molar-refractivity contribution in [3.05, 3.63) is 65.5 Å². The number of carbonyl (C=O) groups is 2. The average Bonchev–Trinajstić information content (AvgIpc) is 2.81. The van der Waals surface area contributed by atoms with Crippen LogP contribution in [0.25, 0.3) is 0 Å². The van der Waals surface area contributed by atoms with Crippen LogP contribution in [0.1, 0.15) is 48.5 Å². The molecule has 3 rings (SSSR count). The van der Waals surface area contributed by atoms with Crippen LogP contribution in [0.3, 0.4) is 0 Å². The number of ether oxygens (including phenoxy) is 1. The minimum Gasteiger partial charge on any atom is -0.462 e. The second-order valence-corrected chi connectivity index (χ2v) is 10.1. The topological polar surface area (TPSA) is 92.8 Å². The van der Waals surface area contributed by atoms with Gasteiger partial charge >= 0.3 is 5.97 Å². The zero-order chi connectivity index (χ0) is 23.8. The predicted octanol–water partition coefficient (Wildman–Crippen LogP) is 3.96. The van der Waals surface area contributed by atoms with Crippen LogP contribution in [0.2, 0.25) is 0 Å². The van der Waals surface area contributed by atoms with Crippen LogP contribution in [0.4, 0.5) is 10.1 Å². The van der Waals surface area contributed by atoms with Gasteiger partial charge in [0.2, 0.25) is 15.9 Å². The number of amides is 1. The molecule has 2 aromatic rings. The summed E-state index contributed by atoms with van der Waals surface area (Å²) in [6.07, 6.45) is 2.58. The Bertz CT molecular complexity index is 1050. The highest BCUT2D eigenvalue weighted by Gasteiger charge is 2.31. The second-order valence-electron chi connectivity index (χ2n) is 8.11. The Morgan fingerprint density at radius 1 is 1.06 bits per heavy atom. The van der Waals surface area contributed by atoms with Crippen LogP contribution in [0.5, 0.6) is 0 Å². The van der Waals surface area contributed by atoms with Crippen molar-refractivity contribution in [1.29, 1.82) is 0 Å². The number of carbonyl (C=O) groups excluding carboxylic acids is 2. The van der Waals surface area contributed by atoms with Gasteiger partial charge in [-0.15, -0.1) is 0 Å². The SMILES string of the molecule is CCCCOC(=O)c1ccc(NC(=O)C2CCN(S(=O)(=O)Cc3ccc(F)cc3)CC2)cc1. The third-order valence-electron chi connectivity index (χ3n) is 5.60. The number of piperidine rings is 1. The molecule has 1 aliphatic heterocycles. The van der Waals surface area contributed by atoms with Gasteiger partial charge in [-0.05, 0) is 61.2 Å². The summed E-state index contributed by atoms with van der Waals surface area (Å²) in [6.45, 7) is 2.91. The maximum absolute atomic E-state index is 13.0. The standard InChI is InChI=1S/C24H29FN2O5S/c1-2-3-16-32-24(29)20-6-10-22(11-7-20)26-23(28)19-12-14-27(15-13-19)33(30,31)17-18-4-8-21(25)9-5-18/h4-11,19H,2-3,12-17H2,1H3,(H,26,28). The molecule has 0 atom stereocenters. The number of anilines is 1. The van der Waals surface area contributed by atoms with Gasteiger partial charge in [0.25, 0.3) is 0 Å². The summed E-state index contributed by atoms with van der Waals surface area (Å²) in [7, 11) is -3.54. The lowest BCUT2D eigenvalue weighted by molar-refractivity contribution is -0.120. The average molecular weight is 477 g/mol. The maximum Gasteiger partial charge on any atom is 0.338 e. The molecule has 1 heterocycles. The lowest BCUT2D eigenvalue weighted by Gasteiger charge is -2.30. The molecule has 0 aliphatic carbocycles. The third-order valence-corrected chi connectivity index (χ3v) is 7.45. The van der Waals surface area contributed by atoms with Crippen molar-refractivity contribution in [2.45, 2.75) is 38.4 Å². The minimum atomic E-state index is -3.54. The molecule has 0 bridgehead atoms. The Balaban J connectivity index is 1.49. The first-order chi connectivity index (χ1) is 15.8. The summed E-state index contributed by atoms with van der Waals surface area (Å²) in [6, 6.07) is 11.9. The van der Waals surface area contributed by atoms with Crippen molar-refractivity contribution in [2.24, 2.45) is 5.92 Å². The Kier molecular flexibility index (Phi) is 8.57. The molecule has 9 heteroatoms. The molecule has 1 saturated heterocycles. The number of hydrogen-bond acceptors (Lipinski definition) is 5. The fourth-order valence-electron chi connectivity index (χ4n) is 3.61. The van der Waals surface area contributed by atoms with E-state index in [1.54, 1.807) is 24.3 Å². The van der Waals surface area contributed by atoms with Gasteiger partial charge in [0.1, 0.15) is 5.82 Å². The molecule has 33 heavy (non-hydrogen) atoms. The molecule has 0 aromatic heterocycles. The van der Waals surface area contributed by atoms with E-state index in [1.165, 1.54) is 28.6 Å². The quantitative estimate of drug-likeness (QED) is 0.437. The molecular formula is C24H29FN2O5S. The van der Waals surface area contributed by atoms with Crippen LogP contribution in [-0.2, 0) is 25.3 Å². The van der Waals surface area contributed by atoms with Crippen LogP contribution >= 0.6 is 0 Å². The summed E-state index contributed by atoms with van der Waals surface area (Å²) < 4.78 is 44.9. The Morgan fingerprint density at radius 2 is 1.70 bits per heavy atom. The van der Waals surface area contributed by atoms with Gasteiger partial charge in [0, 0.05) is 24.7 Å². The molecule has 2 aromatic carbocycles. The zero-order valence-electron chi connectivity index (χ0n) is 18.6. The number of benzene rings is 2. The van der Waals surface area contributed by atoms with E-state index in [9.17, 15) is 22.4 Å². The number of hydrogen-bond donors (Lipinski definition) is 1. The van der Waals surface area contributed by atoms with Crippen molar-refractivity contribution >= 4 is 27.6 Å². The highest BCUT2D eigenvalue weighted by atomic mass is 32.2. The molecule has 1 fully saturated rings. The maximum atomic E-state index is 13.0. The molecule has 1 amide bonds. The van der Waals surface area contributed by atoms with Crippen molar-refractivity contribution in [3.63, 3.8) is 0 Å². The monoisotopic (exact) mass is 476 g/mol. The number of nitrogens with zero attached hydrogens (tertiary/aromatic N) is 1. The Hall–Kier alpha value is -2.78. The van der Waals surface area contributed by atoms with Gasteiger partial charge in [-0.3, -0.25) is 4.79 Å². The number of esters is 1. The normalized spacial score (nSPS) is 15.2. The van der Waals surface area contributed by atoms with Gasteiger partial charge in [0.05, 0.1) is 17.9 Å². The van der Waals surface area contributed by atoms with E-state index < -0.39 is 21.8 Å². The molecule has 178 valence electrons. The smallest absolute Gasteiger partial charge is 0.338 e. The van der Waals surface area contributed by atoms with Crippen LogP contribution in [0.15, 0.2) is 48.5 Å².